The summed E-state index contributed by atoms with van der Waals surface area (Å²) in [5, 5.41) is 2.07. The molecular weight excluding hydrogens is 182 g/mol. The molecule has 72 valence electrons. The van der Waals surface area contributed by atoms with Crippen molar-refractivity contribution >= 4 is 11.3 Å². The maximum absolute atomic E-state index is 6.10. The van der Waals surface area contributed by atoms with E-state index in [9.17, 15) is 0 Å². The van der Waals surface area contributed by atoms with E-state index in [1.807, 2.05) is 6.07 Å². The second kappa shape index (κ2) is 4.22. The molecule has 1 aliphatic rings. The fourth-order valence-corrected chi connectivity index (χ4v) is 2.49. The maximum Gasteiger partial charge on any atom is 0.0775 e. The molecule has 2 unspecified atom stereocenters. The first-order valence-electron chi connectivity index (χ1n) is 4.78. The SMILES string of the molecule is NC(c1cccs1)C1CCCCO1. The Labute approximate surface area is 82.7 Å². The van der Waals surface area contributed by atoms with Crippen molar-refractivity contribution in [1.82, 2.24) is 0 Å². The fraction of sp³-hybridized carbons (Fsp3) is 0.600. The topological polar surface area (TPSA) is 35.2 Å². The normalized spacial score (nSPS) is 25.8. The number of hydrogen-bond donors (Lipinski definition) is 1. The first-order valence-corrected chi connectivity index (χ1v) is 5.66. The van der Waals surface area contributed by atoms with Crippen LogP contribution in [0.4, 0.5) is 0 Å². The highest BCUT2D eigenvalue weighted by Gasteiger charge is 2.22. The molecular formula is C10H15NOS. The average Bonchev–Trinajstić information content (AvgIpc) is 2.71. The Balaban J connectivity index is 1.99. The summed E-state index contributed by atoms with van der Waals surface area (Å²) in [5.74, 6) is 0. The van der Waals surface area contributed by atoms with Crippen molar-refractivity contribution in [1.29, 1.82) is 0 Å². The first-order chi connectivity index (χ1) is 6.38. The third-order valence-corrected chi connectivity index (χ3v) is 3.46. The minimum absolute atomic E-state index is 0.0836. The molecule has 1 aromatic rings. The molecule has 2 rings (SSSR count). The molecule has 0 aliphatic carbocycles. The maximum atomic E-state index is 6.10. The Hall–Kier alpha value is -0.380. The lowest BCUT2D eigenvalue weighted by molar-refractivity contribution is 0.000670. The standard InChI is InChI=1S/C10H15NOS/c11-10(9-5-3-7-13-9)8-4-1-2-6-12-8/h3,5,7-8,10H,1-2,4,6,11H2. The van der Waals surface area contributed by atoms with Crippen LogP contribution < -0.4 is 5.73 Å². The van der Waals surface area contributed by atoms with Crippen molar-refractivity contribution in [3.63, 3.8) is 0 Å². The van der Waals surface area contributed by atoms with E-state index in [2.05, 4.69) is 11.4 Å². The van der Waals surface area contributed by atoms with E-state index >= 15 is 0 Å². The number of hydrogen-bond acceptors (Lipinski definition) is 3. The molecule has 0 amide bonds. The lowest BCUT2D eigenvalue weighted by atomic mass is 10.0. The third-order valence-electron chi connectivity index (χ3n) is 2.49. The highest BCUT2D eigenvalue weighted by molar-refractivity contribution is 7.10. The highest BCUT2D eigenvalue weighted by Crippen LogP contribution is 2.26. The van der Waals surface area contributed by atoms with Gasteiger partial charge in [-0.25, -0.2) is 0 Å². The lowest BCUT2D eigenvalue weighted by Crippen LogP contribution is -2.31. The summed E-state index contributed by atoms with van der Waals surface area (Å²) >= 11 is 1.72. The summed E-state index contributed by atoms with van der Waals surface area (Å²) in [4.78, 5) is 1.24. The van der Waals surface area contributed by atoms with Crippen molar-refractivity contribution in [2.75, 3.05) is 6.61 Å². The summed E-state index contributed by atoms with van der Waals surface area (Å²) in [6.07, 6.45) is 3.80. The zero-order valence-electron chi connectivity index (χ0n) is 7.61. The van der Waals surface area contributed by atoms with Gasteiger partial charge in [0, 0.05) is 11.5 Å². The Bertz CT molecular complexity index is 241. The lowest BCUT2D eigenvalue weighted by Gasteiger charge is -2.27. The van der Waals surface area contributed by atoms with Gasteiger partial charge in [0.1, 0.15) is 0 Å². The van der Waals surface area contributed by atoms with Crippen LogP contribution >= 0.6 is 11.3 Å². The number of nitrogens with two attached hydrogens (primary N) is 1. The predicted molar refractivity (Wildman–Crippen MR) is 54.8 cm³/mol. The van der Waals surface area contributed by atoms with Crippen LogP contribution in [0, 0.1) is 0 Å². The van der Waals surface area contributed by atoms with E-state index in [0.29, 0.717) is 0 Å². The van der Waals surface area contributed by atoms with Gasteiger partial charge in [-0.2, -0.15) is 0 Å². The molecule has 2 N–H and O–H groups in total. The third kappa shape index (κ3) is 2.10. The monoisotopic (exact) mass is 197 g/mol. The summed E-state index contributed by atoms with van der Waals surface area (Å²) in [6.45, 7) is 0.879. The van der Waals surface area contributed by atoms with Gasteiger partial charge in [-0.05, 0) is 30.7 Å². The first kappa shape index (κ1) is 9.19. The molecule has 1 fully saturated rings. The minimum atomic E-state index is 0.0836. The van der Waals surface area contributed by atoms with Crippen molar-refractivity contribution in [3.8, 4) is 0 Å². The Morgan fingerprint density at radius 1 is 1.54 bits per heavy atom. The van der Waals surface area contributed by atoms with E-state index in [4.69, 9.17) is 10.5 Å². The minimum Gasteiger partial charge on any atom is -0.376 e. The molecule has 2 atom stereocenters. The smallest absolute Gasteiger partial charge is 0.0775 e. The molecule has 13 heavy (non-hydrogen) atoms. The van der Waals surface area contributed by atoms with E-state index in [-0.39, 0.29) is 12.1 Å². The van der Waals surface area contributed by atoms with Gasteiger partial charge >= 0.3 is 0 Å². The zero-order chi connectivity index (χ0) is 9.10. The van der Waals surface area contributed by atoms with Crippen LogP contribution in [0.15, 0.2) is 17.5 Å². The Morgan fingerprint density at radius 2 is 2.46 bits per heavy atom. The van der Waals surface area contributed by atoms with Gasteiger partial charge in [0.15, 0.2) is 0 Å². The largest absolute Gasteiger partial charge is 0.376 e. The van der Waals surface area contributed by atoms with Gasteiger partial charge in [0.05, 0.1) is 12.1 Å². The van der Waals surface area contributed by atoms with Gasteiger partial charge in [-0.1, -0.05) is 6.07 Å². The van der Waals surface area contributed by atoms with E-state index in [0.717, 1.165) is 13.0 Å². The average molecular weight is 197 g/mol. The van der Waals surface area contributed by atoms with Gasteiger partial charge in [0.25, 0.3) is 0 Å². The molecule has 1 aliphatic heterocycles. The summed E-state index contributed by atoms with van der Waals surface area (Å²) in [5.41, 5.74) is 6.10. The van der Waals surface area contributed by atoms with E-state index < -0.39 is 0 Å². The van der Waals surface area contributed by atoms with Crippen LogP contribution in [-0.4, -0.2) is 12.7 Å². The zero-order valence-corrected chi connectivity index (χ0v) is 8.43. The van der Waals surface area contributed by atoms with Crippen LogP contribution in [-0.2, 0) is 4.74 Å². The van der Waals surface area contributed by atoms with Crippen LogP contribution in [0.1, 0.15) is 30.2 Å². The predicted octanol–water partition coefficient (Wildman–Crippen LogP) is 2.32. The van der Waals surface area contributed by atoms with Crippen LogP contribution in [0.3, 0.4) is 0 Å². The molecule has 2 nitrogen and oxygen atoms in total. The molecule has 0 spiro atoms. The van der Waals surface area contributed by atoms with Gasteiger partial charge in [-0.3, -0.25) is 0 Å². The summed E-state index contributed by atoms with van der Waals surface area (Å²) in [6, 6.07) is 4.22. The van der Waals surface area contributed by atoms with Crippen LogP contribution in [0.25, 0.3) is 0 Å². The number of ether oxygens (including phenoxy) is 1. The molecule has 0 radical (unpaired) electrons. The summed E-state index contributed by atoms with van der Waals surface area (Å²) < 4.78 is 5.65. The Morgan fingerprint density at radius 3 is 3.08 bits per heavy atom. The fourth-order valence-electron chi connectivity index (χ4n) is 1.71. The van der Waals surface area contributed by atoms with E-state index in [1.54, 1.807) is 11.3 Å². The number of thiophene rings is 1. The molecule has 0 bridgehead atoms. The van der Waals surface area contributed by atoms with Gasteiger partial charge < -0.3 is 10.5 Å². The quantitative estimate of drug-likeness (QED) is 0.789. The van der Waals surface area contributed by atoms with Crippen molar-refractivity contribution in [3.05, 3.63) is 22.4 Å². The molecule has 2 heterocycles. The second-order valence-electron chi connectivity index (χ2n) is 3.45. The molecule has 1 aromatic heterocycles. The van der Waals surface area contributed by atoms with Crippen LogP contribution in [0.5, 0.6) is 0 Å². The van der Waals surface area contributed by atoms with Crippen molar-refractivity contribution in [2.24, 2.45) is 5.73 Å². The van der Waals surface area contributed by atoms with Crippen molar-refractivity contribution in [2.45, 2.75) is 31.4 Å². The summed E-state index contributed by atoms with van der Waals surface area (Å²) in [7, 11) is 0. The molecule has 1 saturated heterocycles. The number of rotatable bonds is 2. The molecule has 3 heteroatoms. The Kier molecular flexibility index (Phi) is 2.98. The molecule has 0 aromatic carbocycles. The molecule has 0 saturated carbocycles. The van der Waals surface area contributed by atoms with E-state index in [1.165, 1.54) is 17.7 Å². The van der Waals surface area contributed by atoms with Gasteiger partial charge in [0.2, 0.25) is 0 Å². The highest BCUT2D eigenvalue weighted by atomic mass is 32.1. The second-order valence-corrected chi connectivity index (χ2v) is 4.43. The van der Waals surface area contributed by atoms with Crippen molar-refractivity contribution < 1.29 is 4.74 Å². The van der Waals surface area contributed by atoms with Crippen LogP contribution in [0.2, 0.25) is 0 Å². The van der Waals surface area contributed by atoms with Gasteiger partial charge in [-0.15, -0.1) is 11.3 Å².